The molecule has 38 heavy (non-hydrogen) atoms. The maximum Gasteiger partial charge on any atom is 0.269 e. The summed E-state index contributed by atoms with van der Waals surface area (Å²) in [5, 5.41) is 6.78. The third-order valence-corrected chi connectivity index (χ3v) is 5.90. The molecule has 0 saturated carbocycles. The fourth-order valence-electron chi connectivity index (χ4n) is 4.01. The molecule has 0 aliphatic carbocycles. The molecule has 3 aromatic rings. The topological polar surface area (TPSA) is 131 Å². The average Bonchev–Trinajstić information content (AvgIpc) is 2.96. The summed E-state index contributed by atoms with van der Waals surface area (Å²) in [6.07, 6.45) is 3.66. The van der Waals surface area contributed by atoms with Crippen molar-refractivity contribution in [3.8, 4) is 22.8 Å². The molecule has 0 spiro atoms. The van der Waals surface area contributed by atoms with Crippen LogP contribution in [-0.4, -0.2) is 47.8 Å². The molecule has 1 amide bonds. The Morgan fingerprint density at radius 1 is 1.03 bits per heavy atom. The lowest BCUT2D eigenvalue weighted by atomic mass is 10.1. The van der Waals surface area contributed by atoms with Crippen molar-refractivity contribution in [2.75, 3.05) is 26.2 Å². The van der Waals surface area contributed by atoms with E-state index in [1.165, 1.54) is 31.4 Å². The average molecular weight is 522 g/mol. The molecule has 2 aromatic carbocycles. The van der Waals surface area contributed by atoms with E-state index in [9.17, 15) is 9.18 Å². The number of nitrogens with one attached hydrogen (secondary N) is 2. The first-order valence-electron chi connectivity index (χ1n) is 12.9. The minimum Gasteiger partial charge on any atom is -0.457 e. The Morgan fingerprint density at radius 2 is 1.66 bits per heavy atom. The van der Waals surface area contributed by atoms with Crippen LogP contribution < -0.4 is 27.2 Å². The van der Waals surface area contributed by atoms with E-state index in [0.29, 0.717) is 29.3 Å². The summed E-state index contributed by atoms with van der Waals surface area (Å²) < 4.78 is 18.9. The molecule has 1 aliphatic rings. The fourth-order valence-corrected chi connectivity index (χ4v) is 4.01. The van der Waals surface area contributed by atoms with Gasteiger partial charge in [-0.05, 0) is 86.6 Å². The van der Waals surface area contributed by atoms with Gasteiger partial charge in [0.1, 0.15) is 23.0 Å². The highest BCUT2D eigenvalue weighted by molar-refractivity contribution is 6.01. The van der Waals surface area contributed by atoms with Crippen molar-refractivity contribution >= 4 is 11.7 Å². The van der Waals surface area contributed by atoms with Crippen molar-refractivity contribution in [3.63, 3.8) is 0 Å². The normalized spacial score (nSPS) is 13.7. The third-order valence-electron chi connectivity index (χ3n) is 5.90. The minimum absolute atomic E-state index is 0.125. The number of amidine groups is 1. The molecule has 0 bridgehead atoms. The van der Waals surface area contributed by atoms with Crippen LogP contribution in [0.5, 0.6) is 11.5 Å². The van der Waals surface area contributed by atoms with E-state index in [1.807, 2.05) is 26.0 Å². The maximum atomic E-state index is 13.1. The molecular weight excluding hydrogens is 485 g/mol. The number of ether oxygens (including phenoxy) is 1. The Morgan fingerprint density at radius 3 is 2.29 bits per heavy atom. The third kappa shape index (κ3) is 8.25. The molecule has 0 atom stereocenters. The second kappa shape index (κ2) is 14.7. The summed E-state index contributed by atoms with van der Waals surface area (Å²) in [4.78, 5) is 19.8. The molecule has 2 heterocycles. The van der Waals surface area contributed by atoms with E-state index < -0.39 is 0 Å². The number of carbonyl (C=O) groups is 1. The van der Waals surface area contributed by atoms with Gasteiger partial charge in [-0.25, -0.2) is 20.8 Å². The van der Waals surface area contributed by atoms with Crippen molar-refractivity contribution in [2.24, 2.45) is 16.7 Å². The number of hydrazone groups is 1. The minimum atomic E-state index is -0.331. The monoisotopic (exact) mass is 521 g/mol. The number of hydrazine groups is 1. The van der Waals surface area contributed by atoms with E-state index in [0.717, 1.165) is 25.2 Å². The van der Waals surface area contributed by atoms with Gasteiger partial charge < -0.3 is 20.7 Å². The van der Waals surface area contributed by atoms with E-state index in [-0.39, 0.29) is 23.3 Å². The fraction of sp³-hybridized carbons (Fsp3) is 0.321. The van der Waals surface area contributed by atoms with Crippen LogP contribution in [0.1, 0.15) is 49.2 Å². The highest BCUT2D eigenvalue weighted by Crippen LogP contribution is 2.26. The maximum absolute atomic E-state index is 13.1. The van der Waals surface area contributed by atoms with Gasteiger partial charge in [-0.2, -0.15) is 0 Å². The van der Waals surface area contributed by atoms with Crippen LogP contribution in [0.2, 0.25) is 0 Å². The summed E-state index contributed by atoms with van der Waals surface area (Å²) in [6.45, 7) is 7.46. The molecule has 202 valence electrons. The smallest absolute Gasteiger partial charge is 0.269 e. The molecule has 1 aromatic heterocycles. The molecular formula is C28H36FN7O2. The van der Waals surface area contributed by atoms with Crippen molar-refractivity contribution in [3.05, 3.63) is 77.7 Å². The molecule has 4 rings (SSSR count). The number of nitrogens with two attached hydrogens (primary N) is 2. The number of amides is 1. The van der Waals surface area contributed by atoms with Crippen LogP contribution in [0, 0.1) is 5.82 Å². The number of hydrogen-bond donors (Lipinski definition) is 4. The van der Waals surface area contributed by atoms with Crippen molar-refractivity contribution in [1.29, 1.82) is 0 Å². The number of pyridine rings is 1. The van der Waals surface area contributed by atoms with Gasteiger partial charge in [0.2, 0.25) is 0 Å². The van der Waals surface area contributed by atoms with E-state index in [4.69, 9.17) is 16.3 Å². The number of nitrogens with zero attached hydrogens (tertiary/aromatic N) is 3. The molecule has 10 heteroatoms. The number of halogens is 1. The predicted octanol–water partition coefficient (Wildman–Crippen LogP) is 4.01. The number of hydrogen-bond acceptors (Lipinski definition) is 7. The van der Waals surface area contributed by atoms with Gasteiger partial charge >= 0.3 is 0 Å². The number of likely N-dealkylation sites (tertiary alicyclic amines) is 1. The van der Waals surface area contributed by atoms with Gasteiger partial charge in [0.05, 0.1) is 5.69 Å². The van der Waals surface area contributed by atoms with Gasteiger partial charge in [0.25, 0.3) is 5.91 Å². The molecule has 6 N–H and O–H groups in total. The van der Waals surface area contributed by atoms with Gasteiger partial charge in [-0.15, -0.1) is 5.10 Å². The predicted molar refractivity (Wildman–Crippen MR) is 148 cm³/mol. The highest BCUT2D eigenvalue weighted by atomic mass is 19.1. The van der Waals surface area contributed by atoms with Crippen LogP contribution >= 0.6 is 0 Å². The highest BCUT2D eigenvalue weighted by Gasteiger charge is 2.15. The Kier molecular flexibility index (Phi) is 11.0. The van der Waals surface area contributed by atoms with Crippen LogP contribution in [0.15, 0.2) is 65.8 Å². The molecule has 1 aliphatic heterocycles. The molecule has 9 nitrogen and oxygen atoms in total. The number of benzene rings is 2. The number of rotatable bonds is 9. The second-order valence-corrected chi connectivity index (χ2v) is 8.49. The van der Waals surface area contributed by atoms with Crippen molar-refractivity contribution in [1.82, 2.24) is 20.7 Å². The van der Waals surface area contributed by atoms with E-state index >= 15 is 0 Å². The van der Waals surface area contributed by atoms with Crippen LogP contribution in [0.4, 0.5) is 4.39 Å². The van der Waals surface area contributed by atoms with Crippen molar-refractivity contribution < 1.29 is 13.9 Å². The number of piperidine rings is 1. The van der Waals surface area contributed by atoms with Crippen LogP contribution in [0.25, 0.3) is 11.3 Å². The summed E-state index contributed by atoms with van der Waals surface area (Å²) in [7, 11) is 0. The zero-order valence-electron chi connectivity index (χ0n) is 21.9. The Labute approximate surface area is 223 Å². The quantitative estimate of drug-likeness (QED) is 0.145. The lowest BCUT2D eigenvalue weighted by molar-refractivity contribution is 0.0941. The Hall–Kier alpha value is -4.02. The molecule has 1 saturated heterocycles. The molecule has 0 unspecified atom stereocenters. The lowest BCUT2D eigenvalue weighted by Gasteiger charge is -2.26. The zero-order chi connectivity index (χ0) is 27.3. The first-order chi connectivity index (χ1) is 18.5. The molecule has 0 radical (unpaired) electrons. The summed E-state index contributed by atoms with van der Waals surface area (Å²) >= 11 is 0. The SMILES string of the molecule is CC.NN/N=C(\N)c1cc(C(=O)NCCN2CCCCC2)nc(-c2ccc(Oc3ccc(F)cc3)cc2)c1. The van der Waals surface area contributed by atoms with Gasteiger partial charge in [-0.1, -0.05) is 20.3 Å². The largest absolute Gasteiger partial charge is 0.457 e. The Balaban J connectivity index is 0.00000195. The number of carbonyl (C=O) groups excluding carboxylic acids is 1. The first-order valence-corrected chi connectivity index (χ1v) is 12.9. The number of aromatic nitrogens is 1. The lowest BCUT2D eigenvalue weighted by Crippen LogP contribution is -2.38. The first kappa shape index (κ1) is 28.5. The van der Waals surface area contributed by atoms with Crippen LogP contribution in [-0.2, 0) is 0 Å². The van der Waals surface area contributed by atoms with Crippen molar-refractivity contribution in [2.45, 2.75) is 33.1 Å². The van der Waals surface area contributed by atoms with E-state index in [1.54, 1.807) is 36.4 Å². The Bertz CT molecular complexity index is 1190. The molecule has 1 fully saturated rings. The van der Waals surface area contributed by atoms with Crippen LogP contribution in [0.3, 0.4) is 0 Å². The van der Waals surface area contributed by atoms with Gasteiger partial charge in [-0.3, -0.25) is 4.79 Å². The zero-order valence-corrected chi connectivity index (χ0v) is 21.9. The standard InChI is InChI=1S/C26H30FN7O2.C2H6/c27-20-6-10-22(11-7-20)36-21-8-4-18(5-9-21)23-16-19(25(28)32-33-29)17-24(31-23)26(35)30-12-15-34-13-2-1-3-14-34;1-2/h4-11,16-17,33H,1-3,12-15,29H2,(H2,28,32)(H,30,35);1-2H3. The van der Waals surface area contributed by atoms with Gasteiger partial charge in [0, 0.05) is 24.2 Å². The summed E-state index contributed by atoms with van der Waals surface area (Å²) in [6, 6.07) is 16.3. The van der Waals surface area contributed by atoms with E-state index in [2.05, 4.69) is 25.8 Å². The summed E-state index contributed by atoms with van der Waals surface area (Å²) in [5.41, 5.74) is 10.2. The van der Waals surface area contributed by atoms with Gasteiger partial charge in [0.15, 0.2) is 5.84 Å². The summed E-state index contributed by atoms with van der Waals surface area (Å²) in [5.74, 6) is 5.88. The second-order valence-electron chi connectivity index (χ2n) is 8.49.